The monoisotopic (exact) mass is 295 g/mol. The summed E-state index contributed by atoms with van der Waals surface area (Å²) in [5.74, 6) is 0.307. The van der Waals surface area contributed by atoms with Crippen LogP contribution in [0.1, 0.15) is 16.2 Å². The van der Waals surface area contributed by atoms with Gasteiger partial charge in [-0.05, 0) is 23.4 Å². The van der Waals surface area contributed by atoms with E-state index in [1.54, 1.807) is 25.2 Å². The Kier molecular flexibility index (Phi) is 3.19. The van der Waals surface area contributed by atoms with Crippen LogP contribution < -0.4 is 5.73 Å². The molecule has 0 saturated carbocycles. The second-order valence-corrected chi connectivity index (χ2v) is 4.48. The molecule has 7 heteroatoms. The molecule has 0 radical (unpaired) electrons. The predicted octanol–water partition coefficient (Wildman–Crippen LogP) is 0.980. The van der Waals surface area contributed by atoms with E-state index in [9.17, 15) is 4.79 Å². The molecule has 0 bridgehead atoms. The lowest BCUT2D eigenvalue weighted by molar-refractivity contribution is 0.0990. The van der Waals surface area contributed by atoms with Gasteiger partial charge in [-0.15, -0.1) is 10.2 Å². The van der Waals surface area contributed by atoms with Crippen LogP contribution in [0.25, 0.3) is 0 Å². The molecule has 1 aromatic carbocycles. The number of hydrogen-bond acceptors (Lipinski definition) is 5. The van der Waals surface area contributed by atoms with Crippen molar-refractivity contribution in [2.75, 3.05) is 5.73 Å². The van der Waals surface area contributed by atoms with E-state index in [0.717, 1.165) is 4.47 Å². The zero-order chi connectivity index (χ0) is 12.4. The number of aryl methyl sites for hydroxylation is 1. The van der Waals surface area contributed by atoms with Gasteiger partial charge in [-0.25, -0.2) is 0 Å². The summed E-state index contributed by atoms with van der Waals surface area (Å²) in [6.45, 7) is 0. The van der Waals surface area contributed by atoms with E-state index in [1.807, 2.05) is 0 Å². The number of Topliss-reactive ketones (excluding diaryl/α,β-unsaturated/α-hetero) is 1. The van der Waals surface area contributed by atoms with E-state index < -0.39 is 0 Å². The first-order valence-corrected chi connectivity index (χ1v) is 5.66. The zero-order valence-corrected chi connectivity index (χ0v) is 10.7. The number of ketones is 1. The Hall–Kier alpha value is -1.76. The SMILES string of the molecule is Cn1nnc(CC(=O)c2cc(N)cc(Br)c2)n1. The number of nitrogens with two attached hydrogens (primary N) is 1. The van der Waals surface area contributed by atoms with E-state index >= 15 is 0 Å². The maximum absolute atomic E-state index is 11.9. The Bertz CT molecular complexity index is 545. The number of nitrogens with zero attached hydrogens (tertiary/aromatic N) is 4. The van der Waals surface area contributed by atoms with Gasteiger partial charge in [-0.1, -0.05) is 15.9 Å². The van der Waals surface area contributed by atoms with Crippen LogP contribution in [0.3, 0.4) is 0 Å². The Labute approximate surface area is 106 Å². The lowest BCUT2D eigenvalue weighted by atomic mass is 10.1. The standard InChI is InChI=1S/C10H10BrN5O/c1-16-14-10(13-15-16)5-9(17)6-2-7(11)4-8(12)3-6/h2-4H,5,12H2,1H3. The predicted molar refractivity (Wildman–Crippen MR) is 65.4 cm³/mol. The normalized spacial score (nSPS) is 10.5. The molecule has 0 unspecified atom stereocenters. The molecular formula is C10H10BrN5O. The number of halogens is 1. The Morgan fingerprint density at radius 3 is 2.82 bits per heavy atom. The van der Waals surface area contributed by atoms with Crippen LogP contribution in [0.15, 0.2) is 22.7 Å². The van der Waals surface area contributed by atoms with E-state index in [-0.39, 0.29) is 12.2 Å². The summed E-state index contributed by atoms with van der Waals surface area (Å²) in [5.41, 5.74) is 6.73. The molecule has 1 aromatic heterocycles. The second kappa shape index (κ2) is 4.62. The van der Waals surface area contributed by atoms with Crippen molar-refractivity contribution >= 4 is 27.4 Å². The fraction of sp³-hybridized carbons (Fsp3) is 0.200. The number of nitrogen functional groups attached to an aromatic ring is 1. The summed E-state index contributed by atoms with van der Waals surface area (Å²) in [4.78, 5) is 13.3. The van der Waals surface area contributed by atoms with Gasteiger partial charge in [0.2, 0.25) is 0 Å². The van der Waals surface area contributed by atoms with Crippen molar-refractivity contribution in [3.63, 3.8) is 0 Å². The average Bonchev–Trinajstić information content (AvgIpc) is 2.62. The molecule has 0 spiro atoms. The summed E-state index contributed by atoms with van der Waals surface area (Å²) < 4.78 is 0.771. The van der Waals surface area contributed by atoms with Crippen molar-refractivity contribution in [1.29, 1.82) is 0 Å². The van der Waals surface area contributed by atoms with Crippen LogP contribution in [-0.2, 0) is 13.5 Å². The molecular weight excluding hydrogens is 286 g/mol. The van der Waals surface area contributed by atoms with Gasteiger partial charge in [0, 0.05) is 15.7 Å². The number of benzene rings is 1. The highest BCUT2D eigenvalue weighted by Crippen LogP contribution is 2.18. The van der Waals surface area contributed by atoms with Gasteiger partial charge >= 0.3 is 0 Å². The summed E-state index contributed by atoms with van der Waals surface area (Å²) in [6, 6.07) is 5.08. The van der Waals surface area contributed by atoms with Gasteiger partial charge in [0.25, 0.3) is 0 Å². The van der Waals surface area contributed by atoms with Crippen LogP contribution in [0.4, 0.5) is 5.69 Å². The van der Waals surface area contributed by atoms with Crippen molar-refractivity contribution in [2.45, 2.75) is 6.42 Å². The van der Waals surface area contributed by atoms with Crippen LogP contribution >= 0.6 is 15.9 Å². The molecule has 1 heterocycles. The van der Waals surface area contributed by atoms with Gasteiger partial charge in [0.1, 0.15) is 0 Å². The van der Waals surface area contributed by atoms with Crippen LogP contribution in [-0.4, -0.2) is 26.0 Å². The Balaban J connectivity index is 2.19. The molecule has 0 fully saturated rings. The van der Waals surface area contributed by atoms with Crippen molar-refractivity contribution in [1.82, 2.24) is 20.2 Å². The van der Waals surface area contributed by atoms with Crippen LogP contribution in [0.2, 0.25) is 0 Å². The van der Waals surface area contributed by atoms with Gasteiger partial charge in [-0.2, -0.15) is 4.80 Å². The highest BCUT2D eigenvalue weighted by atomic mass is 79.9. The highest BCUT2D eigenvalue weighted by Gasteiger charge is 2.11. The minimum absolute atomic E-state index is 0.0917. The summed E-state index contributed by atoms with van der Waals surface area (Å²) >= 11 is 3.29. The third kappa shape index (κ3) is 2.88. The Morgan fingerprint density at radius 2 is 2.24 bits per heavy atom. The maximum atomic E-state index is 11.9. The summed E-state index contributed by atoms with van der Waals surface area (Å²) in [5, 5.41) is 11.4. The molecule has 0 aliphatic rings. The molecule has 88 valence electrons. The molecule has 0 amide bonds. The lowest BCUT2D eigenvalue weighted by Gasteiger charge is -2.01. The van der Waals surface area contributed by atoms with Gasteiger partial charge in [0.15, 0.2) is 11.6 Å². The van der Waals surface area contributed by atoms with E-state index in [2.05, 4.69) is 31.3 Å². The first-order valence-electron chi connectivity index (χ1n) is 4.87. The molecule has 17 heavy (non-hydrogen) atoms. The third-order valence-corrected chi connectivity index (χ3v) is 2.57. The van der Waals surface area contributed by atoms with Gasteiger partial charge < -0.3 is 5.73 Å². The zero-order valence-electron chi connectivity index (χ0n) is 9.09. The smallest absolute Gasteiger partial charge is 0.182 e. The molecule has 0 aliphatic heterocycles. The molecule has 0 saturated heterocycles. The topological polar surface area (TPSA) is 86.7 Å². The number of tetrazole rings is 1. The molecule has 0 aliphatic carbocycles. The number of aromatic nitrogens is 4. The summed E-state index contributed by atoms with van der Waals surface area (Å²) in [6.07, 6.45) is 0.115. The quantitative estimate of drug-likeness (QED) is 0.674. The number of carbonyl (C=O) groups excluding carboxylic acids is 1. The molecule has 2 N–H and O–H groups in total. The van der Waals surface area contributed by atoms with Gasteiger partial charge in [-0.3, -0.25) is 4.79 Å². The first-order chi connectivity index (χ1) is 8.04. The lowest BCUT2D eigenvalue weighted by Crippen LogP contribution is -2.06. The highest BCUT2D eigenvalue weighted by molar-refractivity contribution is 9.10. The average molecular weight is 296 g/mol. The first kappa shape index (κ1) is 11.7. The largest absolute Gasteiger partial charge is 0.399 e. The number of carbonyl (C=O) groups is 1. The maximum Gasteiger partial charge on any atom is 0.182 e. The van der Waals surface area contributed by atoms with Crippen molar-refractivity contribution < 1.29 is 4.79 Å². The minimum Gasteiger partial charge on any atom is -0.399 e. The van der Waals surface area contributed by atoms with E-state index in [0.29, 0.717) is 17.1 Å². The van der Waals surface area contributed by atoms with Crippen molar-refractivity contribution in [2.24, 2.45) is 7.05 Å². The Morgan fingerprint density at radius 1 is 1.47 bits per heavy atom. The van der Waals surface area contributed by atoms with E-state index in [4.69, 9.17) is 5.73 Å². The number of anilines is 1. The number of hydrogen-bond donors (Lipinski definition) is 1. The third-order valence-electron chi connectivity index (χ3n) is 2.11. The second-order valence-electron chi connectivity index (χ2n) is 3.57. The summed E-state index contributed by atoms with van der Waals surface area (Å²) in [7, 11) is 1.65. The minimum atomic E-state index is -0.0917. The fourth-order valence-electron chi connectivity index (χ4n) is 1.41. The fourth-order valence-corrected chi connectivity index (χ4v) is 1.92. The molecule has 0 atom stereocenters. The number of rotatable bonds is 3. The molecule has 6 nitrogen and oxygen atoms in total. The van der Waals surface area contributed by atoms with Crippen LogP contribution in [0.5, 0.6) is 0 Å². The van der Waals surface area contributed by atoms with E-state index in [1.165, 1.54) is 4.80 Å². The molecule has 2 aromatic rings. The van der Waals surface area contributed by atoms with Gasteiger partial charge in [0.05, 0.1) is 13.5 Å². The van der Waals surface area contributed by atoms with Crippen molar-refractivity contribution in [3.8, 4) is 0 Å². The molecule has 2 rings (SSSR count). The van der Waals surface area contributed by atoms with Crippen LogP contribution in [0, 0.1) is 0 Å². The van der Waals surface area contributed by atoms with Crippen molar-refractivity contribution in [3.05, 3.63) is 34.1 Å².